The van der Waals surface area contributed by atoms with Crippen molar-refractivity contribution in [2.45, 2.75) is 33.7 Å². The molecule has 2 aromatic carbocycles. The van der Waals surface area contributed by atoms with Gasteiger partial charge in [0.25, 0.3) is 11.5 Å². The van der Waals surface area contributed by atoms with Gasteiger partial charge in [0.15, 0.2) is 0 Å². The molecular weight excluding hydrogens is 408 g/mol. The van der Waals surface area contributed by atoms with Crippen LogP contribution in [0.2, 0.25) is 0 Å². The van der Waals surface area contributed by atoms with E-state index in [1.165, 1.54) is 0 Å². The first-order chi connectivity index (χ1) is 15.3. The van der Waals surface area contributed by atoms with Gasteiger partial charge >= 0.3 is 5.69 Å². The topological polar surface area (TPSA) is 95.2 Å². The Balaban J connectivity index is 2.11. The number of nitrogens with zero attached hydrogens (tertiary/aromatic N) is 3. The fraction of sp³-hybridized carbons (Fsp3) is 0.333. The van der Waals surface area contributed by atoms with Crippen molar-refractivity contribution in [2.75, 3.05) is 20.3 Å². The first kappa shape index (κ1) is 23.1. The van der Waals surface area contributed by atoms with Gasteiger partial charge in [0.1, 0.15) is 0 Å². The summed E-state index contributed by atoms with van der Waals surface area (Å²) >= 11 is 0. The highest BCUT2D eigenvalue weighted by atomic mass is 16.5. The Labute approximate surface area is 186 Å². The molecule has 3 rings (SSSR count). The molecule has 0 saturated carbocycles. The third kappa shape index (κ3) is 5.39. The molecule has 0 aliphatic carbocycles. The number of carbonyl (C=O) groups is 1. The minimum absolute atomic E-state index is 0.0369. The molecule has 0 spiro atoms. The normalized spacial score (nSPS) is 10.9. The second-order valence-corrected chi connectivity index (χ2v) is 7.87. The highest BCUT2D eigenvalue weighted by molar-refractivity contribution is 5.91. The largest absolute Gasteiger partial charge is 0.385 e. The van der Waals surface area contributed by atoms with Crippen molar-refractivity contribution in [1.82, 2.24) is 19.7 Å². The van der Waals surface area contributed by atoms with Crippen LogP contribution >= 0.6 is 0 Å². The number of hydrogen-bond donors (Lipinski definition) is 1. The van der Waals surface area contributed by atoms with Gasteiger partial charge in [-0.1, -0.05) is 35.9 Å². The van der Waals surface area contributed by atoms with Gasteiger partial charge < -0.3 is 10.1 Å². The summed E-state index contributed by atoms with van der Waals surface area (Å²) in [6, 6.07) is 13.1. The molecule has 0 fully saturated rings. The van der Waals surface area contributed by atoms with Gasteiger partial charge in [-0.3, -0.25) is 14.2 Å². The zero-order valence-corrected chi connectivity index (χ0v) is 18.8. The van der Waals surface area contributed by atoms with Crippen molar-refractivity contribution < 1.29 is 9.53 Å². The number of nitrogens with one attached hydrogen (secondary N) is 1. The Morgan fingerprint density at radius 3 is 2.28 bits per heavy atom. The Kier molecular flexibility index (Phi) is 7.37. The van der Waals surface area contributed by atoms with Gasteiger partial charge in [-0.15, -0.1) is 0 Å². The average Bonchev–Trinajstić information content (AvgIpc) is 2.75. The van der Waals surface area contributed by atoms with Crippen molar-refractivity contribution in [3.63, 3.8) is 0 Å². The third-order valence-electron chi connectivity index (χ3n) is 5.00. The number of amides is 1. The third-order valence-corrected chi connectivity index (χ3v) is 5.00. The van der Waals surface area contributed by atoms with Gasteiger partial charge in [0.05, 0.1) is 12.2 Å². The van der Waals surface area contributed by atoms with Crippen LogP contribution in [-0.2, 0) is 11.3 Å². The Hall–Kier alpha value is -3.52. The summed E-state index contributed by atoms with van der Waals surface area (Å²) < 4.78 is 7.16. The number of rotatable bonds is 8. The van der Waals surface area contributed by atoms with Gasteiger partial charge in [0.2, 0.25) is 5.69 Å². The molecule has 0 atom stereocenters. The molecule has 8 nitrogen and oxygen atoms in total. The van der Waals surface area contributed by atoms with Gasteiger partial charge in [0, 0.05) is 20.3 Å². The number of carbonyl (C=O) groups excluding carboxylic acids is 1. The van der Waals surface area contributed by atoms with Crippen LogP contribution in [0.15, 0.2) is 52.1 Å². The van der Waals surface area contributed by atoms with E-state index in [4.69, 9.17) is 4.74 Å². The Morgan fingerprint density at radius 2 is 1.66 bits per heavy atom. The zero-order valence-electron chi connectivity index (χ0n) is 18.8. The number of methoxy groups -OCH3 is 1. The minimum atomic E-state index is -0.722. The van der Waals surface area contributed by atoms with Crippen molar-refractivity contribution in [3.8, 4) is 5.69 Å². The second kappa shape index (κ2) is 10.2. The van der Waals surface area contributed by atoms with Crippen LogP contribution in [0.3, 0.4) is 0 Å². The van der Waals surface area contributed by atoms with Crippen molar-refractivity contribution in [3.05, 3.63) is 91.3 Å². The van der Waals surface area contributed by atoms with Gasteiger partial charge in [-0.25, -0.2) is 4.79 Å². The number of hydrogen-bond acceptors (Lipinski definition) is 5. The molecule has 1 heterocycles. The fourth-order valence-corrected chi connectivity index (χ4v) is 3.42. The maximum absolute atomic E-state index is 13.3. The lowest BCUT2D eigenvalue weighted by Crippen LogP contribution is -2.46. The van der Waals surface area contributed by atoms with Crippen LogP contribution in [0, 0.1) is 20.8 Å². The van der Waals surface area contributed by atoms with E-state index in [9.17, 15) is 14.4 Å². The van der Waals surface area contributed by atoms with Crippen LogP contribution in [0.5, 0.6) is 0 Å². The molecule has 1 N–H and O–H groups in total. The molecule has 1 amide bonds. The summed E-state index contributed by atoms with van der Waals surface area (Å²) in [4.78, 5) is 39.1. The second-order valence-electron chi connectivity index (χ2n) is 7.87. The Morgan fingerprint density at radius 1 is 1.00 bits per heavy atom. The summed E-state index contributed by atoms with van der Waals surface area (Å²) in [5.74, 6) is -0.623. The molecule has 168 valence electrons. The van der Waals surface area contributed by atoms with E-state index in [1.54, 1.807) is 19.2 Å². The minimum Gasteiger partial charge on any atom is -0.385 e. The summed E-state index contributed by atoms with van der Waals surface area (Å²) in [6.07, 6.45) is 0.594. The Bertz CT molecular complexity index is 1210. The molecule has 0 saturated heterocycles. The number of benzene rings is 2. The smallest absolute Gasteiger partial charge is 0.352 e. The van der Waals surface area contributed by atoms with E-state index in [1.807, 2.05) is 51.1 Å². The highest BCUT2D eigenvalue weighted by Gasteiger charge is 2.20. The summed E-state index contributed by atoms with van der Waals surface area (Å²) in [7, 11) is 1.58. The predicted octanol–water partition coefficient (Wildman–Crippen LogP) is 2.13. The summed E-state index contributed by atoms with van der Waals surface area (Å²) in [6.45, 7) is 6.62. The first-order valence-corrected chi connectivity index (χ1v) is 10.5. The summed E-state index contributed by atoms with van der Waals surface area (Å²) in [5, 5.41) is 6.85. The van der Waals surface area contributed by atoms with E-state index >= 15 is 0 Å². The van der Waals surface area contributed by atoms with Crippen LogP contribution in [0.25, 0.3) is 5.69 Å². The van der Waals surface area contributed by atoms with Crippen LogP contribution < -0.4 is 16.6 Å². The quantitative estimate of drug-likeness (QED) is 0.546. The van der Waals surface area contributed by atoms with E-state index in [-0.39, 0.29) is 12.2 Å². The van der Waals surface area contributed by atoms with Crippen molar-refractivity contribution >= 4 is 5.91 Å². The molecule has 0 aliphatic heterocycles. The van der Waals surface area contributed by atoms with E-state index in [2.05, 4.69) is 10.4 Å². The molecule has 3 aromatic rings. The number of ether oxygens (including phenoxy) is 1. The van der Waals surface area contributed by atoms with Crippen molar-refractivity contribution in [2.24, 2.45) is 0 Å². The van der Waals surface area contributed by atoms with E-state index in [0.29, 0.717) is 25.3 Å². The molecule has 8 heteroatoms. The van der Waals surface area contributed by atoms with Crippen LogP contribution in [0.1, 0.15) is 39.2 Å². The number of aromatic nitrogens is 3. The molecule has 32 heavy (non-hydrogen) atoms. The monoisotopic (exact) mass is 436 g/mol. The standard InChI is InChI=1S/C24H28N4O4/c1-16-6-8-19(9-7-16)15-27-23(30)21(22(29)25-10-5-11-32-4)26-28(24(27)31)20-13-17(2)12-18(3)14-20/h6-9,12-14H,5,10-11,15H2,1-4H3,(H,25,29). The molecule has 0 unspecified atom stereocenters. The first-order valence-electron chi connectivity index (χ1n) is 10.5. The zero-order chi connectivity index (χ0) is 23.3. The van der Waals surface area contributed by atoms with Gasteiger partial charge in [-0.2, -0.15) is 9.78 Å². The molecule has 0 bridgehead atoms. The van der Waals surface area contributed by atoms with Crippen LogP contribution in [-0.4, -0.2) is 40.5 Å². The lowest BCUT2D eigenvalue weighted by Gasteiger charge is -2.13. The van der Waals surface area contributed by atoms with E-state index in [0.717, 1.165) is 31.5 Å². The lowest BCUT2D eigenvalue weighted by atomic mass is 10.1. The van der Waals surface area contributed by atoms with Crippen LogP contribution in [0.4, 0.5) is 0 Å². The van der Waals surface area contributed by atoms with Crippen molar-refractivity contribution in [1.29, 1.82) is 0 Å². The van der Waals surface area contributed by atoms with Gasteiger partial charge in [-0.05, 0) is 56.0 Å². The highest BCUT2D eigenvalue weighted by Crippen LogP contribution is 2.11. The fourth-order valence-electron chi connectivity index (χ4n) is 3.42. The molecule has 0 radical (unpaired) electrons. The molecule has 1 aromatic heterocycles. The average molecular weight is 437 g/mol. The van der Waals surface area contributed by atoms with E-state index < -0.39 is 17.2 Å². The molecule has 0 aliphatic rings. The molecular formula is C24H28N4O4. The maximum Gasteiger partial charge on any atom is 0.352 e. The lowest BCUT2D eigenvalue weighted by molar-refractivity contribution is 0.0938. The maximum atomic E-state index is 13.3. The SMILES string of the molecule is COCCCNC(=O)c1nn(-c2cc(C)cc(C)c2)c(=O)n(Cc2ccc(C)cc2)c1=O. The summed E-state index contributed by atoms with van der Waals surface area (Å²) in [5.41, 5.74) is 2.58. The number of aryl methyl sites for hydroxylation is 3. The predicted molar refractivity (Wildman–Crippen MR) is 123 cm³/mol.